The van der Waals surface area contributed by atoms with Crippen LogP contribution < -0.4 is 4.90 Å². The number of hydrogen-bond acceptors (Lipinski definition) is 3. The van der Waals surface area contributed by atoms with Crippen LogP contribution in [-0.2, 0) is 5.41 Å². The van der Waals surface area contributed by atoms with Crippen molar-refractivity contribution in [3.8, 4) is 55.6 Å². The minimum atomic E-state index is 0.00510. The number of thiophene rings is 1. The number of fused-ring (bicyclic) bond motifs is 9. The van der Waals surface area contributed by atoms with Gasteiger partial charge in [0.05, 0.1) is 0 Å². The van der Waals surface area contributed by atoms with Crippen molar-refractivity contribution in [3.63, 3.8) is 0 Å². The van der Waals surface area contributed by atoms with E-state index in [-0.39, 0.29) is 5.41 Å². The van der Waals surface area contributed by atoms with Crippen molar-refractivity contribution >= 4 is 70.5 Å². The molecule has 312 valence electrons. The SMILES string of the molecule is CC1(C)c2ccccc2-c2cc(-c3ccc(-c4ccc(N(c5ccc(-c6ccc7c(c6)sc6ccccc67)cc5)c5ccc(-c6ccc7oc8ccccc8c7c6)cc5)cc4)cc3)ccc21. The molecule has 3 heteroatoms. The first kappa shape index (κ1) is 38.5. The molecular formula is C63H43NOS. The third-order valence-corrected chi connectivity index (χ3v) is 15.1. The molecule has 0 bridgehead atoms. The Morgan fingerprint density at radius 2 is 0.788 bits per heavy atom. The van der Waals surface area contributed by atoms with Crippen molar-refractivity contribution < 1.29 is 4.42 Å². The summed E-state index contributed by atoms with van der Waals surface area (Å²) in [4.78, 5) is 2.36. The van der Waals surface area contributed by atoms with Gasteiger partial charge in [0.25, 0.3) is 0 Å². The van der Waals surface area contributed by atoms with Crippen LogP contribution in [0.5, 0.6) is 0 Å². The van der Waals surface area contributed by atoms with Gasteiger partial charge < -0.3 is 9.32 Å². The molecule has 0 aliphatic heterocycles. The lowest BCUT2D eigenvalue weighted by Crippen LogP contribution is -2.14. The van der Waals surface area contributed by atoms with E-state index in [9.17, 15) is 0 Å². The van der Waals surface area contributed by atoms with Gasteiger partial charge in [0.15, 0.2) is 0 Å². The van der Waals surface area contributed by atoms with Crippen LogP contribution in [0.15, 0.2) is 229 Å². The number of nitrogens with zero attached hydrogens (tertiary/aromatic N) is 1. The second-order valence-electron chi connectivity index (χ2n) is 18.1. The zero-order chi connectivity index (χ0) is 43.9. The lowest BCUT2D eigenvalue weighted by Gasteiger charge is -2.26. The normalized spacial score (nSPS) is 12.8. The van der Waals surface area contributed by atoms with Crippen LogP contribution in [0, 0.1) is 0 Å². The Balaban J connectivity index is 0.828. The summed E-state index contributed by atoms with van der Waals surface area (Å²) >= 11 is 1.86. The van der Waals surface area contributed by atoms with E-state index >= 15 is 0 Å². The molecule has 0 N–H and O–H groups in total. The molecule has 1 aliphatic rings. The fraction of sp³-hybridized carbons (Fsp3) is 0.0476. The third-order valence-electron chi connectivity index (χ3n) is 13.9. The van der Waals surface area contributed by atoms with Crippen LogP contribution in [0.2, 0.25) is 0 Å². The van der Waals surface area contributed by atoms with Gasteiger partial charge >= 0.3 is 0 Å². The highest BCUT2D eigenvalue weighted by Crippen LogP contribution is 2.50. The zero-order valence-corrected chi connectivity index (χ0v) is 37.4. The van der Waals surface area contributed by atoms with Gasteiger partial charge in [0.1, 0.15) is 11.2 Å². The molecule has 10 aromatic carbocycles. The van der Waals surface area contributed by atoms with Gasteiger partial charge in [0.2, 0.25) is 0 Å². The van der Waals surface area contributed by atoms with Crippen molar-refractivity contribution in [2.24, 2.45) is 0 Å². The van der Waals surface area contributed by atoms with Crippen LogP contribution >= 0.6 is 11.3 Å². The number of furan rings is 1. The first-order valence-corrected chi connectivity index (χ1v) is 23.5. The molecule has 0 radical (unpaired) electrons. The highest BCUT2D eigenvalue weighted by atomic mass is 32.1. The Morgan fingerprint density at radius 1 is 0.333 bits per heavy atom. The first-order valence-electron chi connectivity index (χ1n) is 22.7. The molecule has 2 aromatic heterocycles. The molecule has 0 spiro atoms. The van der Waals surface area contributed by atoms with Gasteiger partial charge in [-0.3, -0.25) is 0 Å². The van der Waals surface area contributed by atoms with E-state index < -0.39 is 0 Å². The molecular weight excluding hydrogens is 819 g/mol. The average molecular weight is 862 g/mol. The summed E-state index contributed by atoms with van der Waals surface area (Å²) in [6.45, 7) is 4.67. The largest absolute Gasteiger partial charge is 0.456 e. The molecule has 2 nitrogen and oxygen atoms in total. The maximum Gasteiger partial charge on any atom is 0.135 e. The predicted molar refractivity (Wildman–Crippen MR) is 281 cm³/mol. The van der Waals surface area contributed by atoms with E-state index in [0.29, 0.717) is 0 Å². The van der Waals surface area contributed by atoms with Crippen LogP contribution in [0.3, 0.4) is 0 Å². The Hall–Kier alpha value is -7.98. The molecule has 0 saturated carbocycles. The highest BCUT2D eigenvalue weighted by molar-refractivity contribution is 7.25. The summed E-state index contributed by atoms with van der Waals surface area (Å²) in [6.07, 6.45) is 0. The molecule has 0 unspecified atom stereocenters. The lowest BCUT2D eigenvalue weighted by atomic mass is 9.82. The maximum absolute atomic E-state index is 6.14. The van der Waals surface area contributed by atoms with E-state index in [1.54, 1.807) is 0 Å². The van der Waals surface area contributed by atoms with Crippen molar-refractivity contribution in [2.45, 2.75) is 19.3 Å². The van der Waals surface area contributed by atoms with E-state index in [1.807, 2.05) is 23.5 Å². The highest BCUT2D eigenvalue weighted by Gasteiger charge is 2.35. The summed E-state index contributed by atoms with van der Waals surface area (Å²) in [5.41, 5.74) is 20.2. The Labute approximate surface area is 388 Å². The van der Waals surface area contributed by atoms with Crippen LogP contribution in [0.1, 0.15) is 25.0 Å². The van der Waals surface area contributed by atoms with E-state index in [4.69, 9.17) is 4.42 Å². The monoisotopic (exact) mass is 861 g/mol. The number of hydrogen-bond donors (Lipinski definition) is 0. The standard InChI is InChI=1S/C63H43NOS/c1-63(2)57-12-6-3-9-51(57)55-37-45(26-35-58(55)63)42-17-15-40(16-18-42)41-19-28-48(29-20-41)64(49-30-21-43(22-31-49)46-27-36-60-56(38-46)52-10-4-7-13-59(52)65-60)50-32-23-44(24-33-50)47-25-34-54-53-11-5-8-14-61(53)66-62(54)39-47/h3-39H,1-2H3. The van der Waals surface area contributed by atoms with Gasteiger partial charge in [-0.15, -0.1) is 11.3 Å². The van der Waals surface area contributed by atoms with E-state index in [0.717, 1.165) is 50.1 Å². The minimum absolute atomic E-state index is 0.00510. The molecule has 0 fully saturated rings. The Bertz CT molecular complexity index is 3820. The number of para-hydroxylation sites is 1. The number of anilines is 3. The van der Waals surface area contributed by atoms with E-state index in [2.05, 4.69) is 231 Å². The fourth-order valence-corrected chi connectivity index (χ4v) is 11.6. The summed E-state index contributed by atoms with van der Waals surface area (Å²) in [6, 6.07) is 82.2. The number of benzene rings is 10. The average Bonchev–Trinajstić information content (AvgIpc) is 4.01. The Kier molecular flexibility index (Phi) is 8.78. The van der Waals surface area contributed by atoms with Crippen LogP contribution in [0.25, 0.3) is 97.7 Å². The molecule has 12 aromatic rings. The molecule has 0 amide bonds. The fourth-order valence-electron chi connectivity index (χ4n) is 10.4. The van der Waals surface area contributed by atoms with Gasteiger partial charge in [-0.25, -0.2) is 0 Å². The minimum Gasteiger partial charge on any atom is -0.456 e. The number of rotatable bonds is 7. The second-order valence-corrected chi connectivity index (χ2v) is 19.2. The molecule has 2 heterocycles. The van der Waals surface area contributed by atoms with E-state index in [1.165, 1.54) is 75.8 Å². The van der Waals surface area contributed by atoms with Gasteiger partial charge in [-0.2, -0.15) is 0 Å². The first-order chi connectivity index (χ1) is 32.4. The van der Waals surface area contributed by atoms with Gasteiger partial charge in [-0.1, -0.05) is 166 Å². The second kappa shape index (κ2) is 15.1. The molecule has 0 saturated heterocycles. The zero-order valence-electron chi connectivity index (χ0n) is 36.6. The molecule has 0 atom stereocenters. The predicted octanol–water partition coefficient (Wildman–Crippen LogP) is 18.4. The van der Waals surface area contributed by atoms with Gasteiger partial charge in [-0.05, 0) is 140 Å². The van der Waals surface area contributed by atoms with Crippen molar-refractivity contribution in [2.75, 3.05) is 4.90 Å². The quantitative estimate of drug-likeness (QED) is 0.159. The molecule has 66 heavy (non-hydrogen) atoms. The van der Waals surface area contributed by atoms with Crippen molar-refractivity contribution in [3.05, 3.63) is 236 Å². The van der Waals surface area contributed by atoms with Crippen molar-refractivity contribution in [1.29, 1.82) is 0 Å². The maximum atomic E-state index is 6.14. The van der Waals surface area contributed by atoms with Crippen molar-refractivity contribution in [1.82, 2.24) is 0 Å². The van der Waals surface area contributed by atoms with Crippen LogP contribution in [-0.4, -0.2) is 0 Å². The summed E-state index contributed by atoms with van der Waals surface area (Å²) < 4.78 is 8.78. The third kappa shape index (κ3) is 6.30. The lowest BCUT2D eigenvalue weighted by molar-refractivity contribution is 0.660. The Morgan fingerprint density at radius 3 is 1.47 bits per heavy atom. The molecule has 1 aliphatic carbocycles. The summed E-state index contributed by atoms with van der Waals surface area (Å²) in [5.74, 6) is 0. The van der Waals surface area contributed by atoms with Gasteiger partial charge in [0, 0.05) is 53.4 Å². The summed E-state index contributed by atoms with van der Waals surface area (Å²) in [5, 5.41) is 4.91. The smallest absolute Gasteiger partial charge is 0.135 e. The van der Waals surface area contributed by atoms with Crippen LogP contribution in [0.4, 0.5) is 17.1 Å². The summed E-state index contributed by atoms with van der Waals surface area (Å²) in [7, 11) is 0. The topological polar surface area (TPSA) is 16.4 Å². The molecule has 13 rings (SSSR count).